The van der Waals surface area contributed by atoms with Gasteiger partial charge in [-0.25, -0.2) is 0 Å². The Hall–Kier alpha value is -7.10. The summed E-state index contributed by atoms with van der Waals surface area (Å²) in [6.07, 6.45) is 5.67. The quantitative estimate of drug-likeness (QED) is 0.0160. The van der Waals surface area contributed by atoms with E-state index in [1.54, 1.807) is 20.0 Å². The van der Waals surface area contributed by atoms with Crippen LogP contribution in [0, 0.1) is 5.92 Å². The number of nitrogens with two attached hydrogens (primary N) is 5. The minimum absolute atomic E-state index is 0.0320. The summed E-state index contributed by atoms with van der Waals surface area (Å²) in [5.41, 5.74) is 28.5. The maximum absolute atomic E-state index is 14.4. The van der Waals surface area contributed by atoms with Crippen molar-refractivity contribution in [3.63, 3.8) is 0 Å². The number of likely N-dealkylation sites (tertiary alicyclic amines) is 1. The van der Waals surface area contributed by atoms with E-state index in [0.29, 0.717) is 12.8 Å². The highest BCUT2D eigenvalue weighted by Crippen LogP contribution is 2.36. The molecule has 2 aliphatic rings. The predicted octanol–water partition coefficient (Wildman–Crippen LogP) is -2.60. The van der Waals surface area contributed by atoms with Gasteiger partial charge in [-0.1, -0.05) is 57.7 Å². The van der Waals surface area contributed by atoms with Gasteiger partial charge in [0.15, 0.2) is 5.96 Å². The molecule has 26 nitrogen and oxygen atoms in total. The first-order valence-electron chi connectivity index (χ1n) is 26.1. The van der Waals surface area contributed by atoms with Crippen molar-refractivity contribution in [2.45, 2.75) is 157 Å². The first kappa shape index (κ1) is 63.4. The number of aliphatic imine (C=N–C) groups is 1. The number of hydrogen-bond acceptors (Lipinski definition) is 14. The molecule has 0 spiro atoms. The van der Waals surface area contributed by atoms with Crippen molar-refractivity contribution in [3.05, 3.63) is 36.0 Å². The van der Waals surface area contributed by atoms with Crippen molar-refractivity contribution < 1.29 is 52.7 Å². The normalized spacial score (nSPS) is 17.5. The van der Waals surface area contributed by atoms with Crippen LogP contribution >= 0.6 is 25.3 Å². The average molecular weight is 1130 g/mol. The summed E-state index contributed by atoms with van der Waals surface area (Å²) in [5.74, 6) is -10.1. The molecule has 1 saturated heterocycles. The van der Waals surface area contributed by atoms with Crippen LogP contribution in [0.2, 0.25) is 0 Å². The highest BCUT2D eigenvalue weighted by atomic mass is 32.1. The third-order valence-electron chi connectivity index (χ3n) is 13.8. The molecule has 78 heavy (non-hydrogen) atoms. The summed E-state index contributed by atoms with van der Waals surface area (Å²) in [6.45, 7) is 3.12. The molecular formula is C50H77N15O11S2. The fraction of sp³-hybridized carbons (Fsp3) is 0.600. The molecule has 1 aliphatic carbocycles. The number of thiol groups is 2. The lowest BCUT2D eigenvalue weighted by atomic mass is 9.85. The molecule has 4 rings (SSSR count). The van der Waals surface area contributed by atoms with Crippen LogP contribution in [0.25, 0.3) is 10.9 Å². The Kier molecular flexibility index (Phi) is 25.0. The number of carbonyl (C=O) groups is 11. The molecule has 0 bridgehead atoms. The van der Waals surface area contributed by atoms with Crippen LogP contribution in [0.4, 0.5) is 0 Å². The number of primary amides is 3. The fourth-order valence-corrected chi connectivity index (χ4v) is 10.1. The molecule has 1 aromatic carbocycles. The Morgan fingerprint density at radius 3 is 2.03 bits per heavy atom. The standard InChI is InChI=1S/C50H77N15O11S2/c1-3-27(2)41(64-45(73)33(21-28-24-57-30-12-6-5-11-29(28)30)59-40(69)23-50(78)17-7-4-8-18-50)47(75)61-32(15-16-37(51)66)43(71)62-34(22-38(52)67)44(72)63-35(26-77)48(76)65-20-10-14-36(65)46(74)60-31(13-9-19-56-49(54)55)42(70)58-25-39(53)68/h5-6,11-12,24,27,31-36,41,57,77-78H,3-4,7-10,13-23,25-26H2,1-2H3,(H2,51,66)(H2,52,67)(H2,53,68)(H,58,70)(H,59,69)(H,60,74)(H,61,75)(H,62,71)(H,63,72)(H,64,73)(H4,54,55,56)/t27-,31-,32-,33+,34-,35-,36-,41-/m0/s1. The molecule has 11 amide bonds. The van der Waals surface area contributed by atoms with Gasteiger partial charge in [0.25, 0.3) is 0 Å². The van der Waals surface area contributed by atoms with E-state index in [9.17, 15) is 52.7 Å². The molecule has 0 unspecified atom stereocenters. The third-order valence-corrected chi connectivity index (χ3v) is 14.8. The Morgan fingerprint density at radius 2 is 1.38 bits per heavy atom. The number of hydrogen-bond donors (Lipinski definition) is 15. The molecule has 18 N–H and O–H groups in total. The summed E-state index contributed by atoms with van der Waals surface area (Å²) < 4.78 is -0.549. The van der Waals surface area contributed by atoms with Crippen molar-refractivity contribution in [1.82, 2.24) is 47.1 Å². The highest BCUT2D eigenvalue weighted by molar-refractivity contribution is 7.81. The number of benzene rings is 1. The van der Waals surface area contributed by atoms with Crippen molar-refractivity contribution in [3.8, 4) is 0 Å². The molecular weight excluding hydrogens is 1050 g/mol. The number of rotatable bonds is 31. The Balaban J connectivity index is 1.52. The van der Waals surface area contributed by atoms with Gasteiger partial charge >= 0.3 is 0 Å². The number of nitrogens with zero attached hydrogens (tertiary/aromatic N) is 2. The first-order valence-corrected chi connectivity index (χ1v) is 27.2. The summed E-state index contributed by atoms with van der Waals surface area (Å²) >= 11 is 9.12. The van der Waals surface area contributed by atoms with Crippen LogP contribution in [-0.4, -0.2) is 153 Å². The van der Waals surface area contributed by atoms with E-state index in [2.05, 4.69) is 59.8 Å². The number of aromatic nitrogens is 1. The number of aromatic amines is 1. The van der Waals surface area contributed by atoms with E-state index in [-0.39, 0.29) is 56.9 Å². The largest absolute Gasteiger partial charge is 0.370 e. The molecule has 2 heterocycles. The van der Waals surface area contributed by atoms with Crippen LogP contribution in [0.1, 0.15) is 109 Å². The zero-order chi connectivity index (χ0) is 57.7. The second-order valence-corrected chi connectivity index (χ2v) is 21.3. The van der Waals surface area contributed by atoms with Gasteiger partial charge in [-0.3, -0.25) is 57.7 Å². The van der Waals surface area contributed by atoms with E-state index in [4.69, 9.17) is 41.3 Å². The molecule has 1 aliphatic heterocycles. The van der Waals surface area contributed by atoms with Crippen molar-refractivity contribution in [2.24, 2.45) is 39.6 Å². The van der Waals surface area contributed by atoms with Crippen LogP contribution in [-0.2, 0) is 59.2 Å². The first-order chi connectivity index (χ1) is 36.9. The number of amides is 11. The van der Waals surface area contributed by atoms with Crippen LogP contribution in [0.5, 0.6) is 0 Å². The Bertz CT molecular complexity index is 2520. The maximum Gasteiger partial charge on any atom is 0.246 e. The average Bonchev–Trinajstić information content (AvgIpc) is 4.07. The molecule has 2 aromatic rings. The number of fused-ring (bicyclic) bond motifs is 1. The number of nitrogens with one attached hydrogen (secondary N) is 8. The number of para-hydroxylation sites is 1. The number of H-pyrrole nitrogens is 1. The summed E-state index contributed by atoms with van der Waals surface area (Å²) in [6, 6.07) is -2.17. The van der Waals surface area contributed by atoms with Crippen LogP contribution < -0.4 is 65.9 Å². The Labute approximate surface area is 463 Å². The predicted molar refractivity (Wildman–Crippen MR) is 295 cm³/mol. The lowest BCUT2D eigenvalue weighted by Crippen LogP contribution is -2.61. The van der Waals surface area contributed by atoms with E-state index in [0.717, 1.165) is 48.6 Å². The second kappa shape index (κ2) is 30.7. The molecule has 430 valence electrons. The molecule has 2 fully saturated rings. The Morgan fingerprint density at radius 1 is 0.744 bits per heavy atom. The topological polar surface area (TPSA) is 433 Å². The number of guanidine groups is 1. The van der Waals surface area contributed by atoms with Gasteiger partial charge in [-0.2, -0.15) is 25.3 Å². The SMILES string of the molecule is CC[C@H](C)[C@H](NC(=O)[C@@H](Cc1c[nH]c2ccccc12)NC(=O)CC1(S)CCCCC1)C(=O)N[C@@H](CCC(N)=O)C(=O)N[C@@H](CC(N)=O)C(=O)N[C@@H](CS)C(=O)N1CCC[C@H]1C(=O)N[C@@H](CCCN=C(N)N)C(=O)NCC(N)=O. The van der Waals surface area contributed by atoms with Gasteiger partial charge in [0.1, 0.15) is 42.3 Å². The minimum atomic E-state index is -1.77. The van der Waals surface area contributed by atoms with Gasteiger partial charge in [0.05, 0.1) is 13.0 Å². The van der Waals surface area contributed by atoms with Gasteiger partial charge in [-0.15, -0.1) is 0 Å². The molecule has 0 radical (unpaired) electrons. The number of carbonyl (C=O) groups excluding carboxylic acids is 11. The van der Waals surface area contributed by atoms with Crippen molar-refractivity contribution in [1.29, 1.82) is 0 Å². The highest BCUT2D eigenvalue weighted by Gasteiger charge is 2.41. The van der Waals surface area contributed by atoms with Gasteiger partial charge in [0, 0.05) is 60.0 Å². The van der Waals surface area contributed by atoms with Crippen LogP contribution in [0.3, 0.4) is 0 Å². The minimum Gasteiger partial charge on any atom is -0.370 e. The summed E-state index contributed by atoms with van der Waals surface area (Å²) in [4.78, 5) is 155. The molecule has 28 heteroatoms. The van der Waals surface area contributed by atoms with E-state index >= 15 is 0 Å². The van der Waals surface area contributed by atoms with E-state index in [1.807, 2.05) is 24.3 Å². The second-order valence-electron chi connectivity index (χ2n) is 19.9. The van der Waals surface area contributed by atoms with Gasteiger partial charge in [0.2, 0.25) is 65.0 Å². The van der Waals surface area contributed by atoms with Gasteiger partial charge in [-0.05, 0) is 62.5 Å². The molecule has 1 saturated carbocycles. The zero-order valence-corrected chi connectivity index (χ0v) is 45.9. The monoisotopic (exact) mass is 1130 g/mol. The summed E-state index contributed by atoms with van der Waals surface area (Å²) in [5, 5.41) is 18.9. The van der Waals surface area contributed by atoms with Gasteiger partial charge < -0.3 is 75.8 Å². The van der Waals surface area contributed by atoms with Crippen molar-refractivity contribution in [2.75, 3.05) is 25.4 Å². The van der Waals surface area contributed by atoms with Crippen LogP contribution in [0.15, 0.2) is 35.5 Å². The lowest BCUT2D eigenvalue weighted by molar-refractivity contribution is -0.142. The van der Waals surface area contributed by atoms with Crippen molar-refractivity contribution >= 4 is 107 Å². The van der Waals surface area contributed by atoms with E-state index in [1.165, 1.54) is 4.90 Å². The fourth-order valence-electron chi connectivity index (χ4n) is 9.41. The zero-order valence-electron chi connectivity index (χ0n) is 44.1. The van der Waals surface area contributed by atoms with E-state index < -0.39 is 144 Å². The third kappa shape index (κ3) is 19.7. The maximum atomic E-state index is 14.4. The smallest absolute Gasteiger partial charge is 0.246 e. The molecule has 8 atom stereocenters. The lowest BCUT2D eigenvalue weighted by Gasteiger charge is -2.33. The summed E-state index contributed by atoms with van der Waals surface area (Å²) in [7, 11) is 0. The molecule has 1 aromatic heterocycles.